The van der Waals surface area contributed by atoms with Crippen LogP contribution in [0.1, 0.15) is 52.4 Å². The molecule has 0 radical (unpaired) electrons. The Morgan fingerprint density at radius 3 is 2.44 bits per heavy atom. The fourth-order valence-electron chi connectivity index (χ4n) is 3.65. The van der Waals surface area contributed by atoms with Crippen molar-refractivity contribution in [2.45, 2.75) is 58.4 Å². The van der Waals surface area contributed by atoms with Crippen LogP contribution in [0.25, 0.3) is 0 Å². The Labute approximate surface area is 117 Å². The van der Waals surface area contributed by atoms with Gasteiger partial charge in [0.1, 0.15) is 0 Å². The molecule has 2 aliphatic rings. The molecule has 0 bridgehead atoms. The molecule has 0 aromatic carbocycles. The lowest BCUT2D eigenvalue weighted by Crippen LogP contribution is -2.43. The van der Waals surface area contributed by atoms with E-state index in [1.165, 1.54) is 12.8 Å². The topological polar surface area (TPSA) is 46.3 Å². The fourth-order valence-corrected chi connectivity index (χ4v) is 3.65. The van der Waals surface area contributed by atoms with E-state index >= 15 is 0 Å². The monoisotopic (exact) mass is 274 g/mol. The van der Waals surface area contributed by atoms with Gasteiger partial charge in [-0.3, -0.25) is 4.79 Å². The second kappa shape index (κ2) is 6.25. The summed E-state index contributed by atoms with van der Waals surface area (Å²) in [5, 5.41) is 0. The average molecular weight is 275 g/mol. The van der Waals surface area contributed by atoms with E-state index in [0.29, 0.717) is 11.8 Å². The van der Waals surface area contributed by atoms with Crippen LogP contribution in [-0.2, 0) is 4.79 Å². The Bertz CT molecular complexity index is 288. The largest absolute Gasteiger partial charge is 0.341 e. The second-order valence-corrected chi connectivity index (χ2v) is 6.39. The van der Waals surface area contributed by atoms with Crippen molar-refractivity contribution in [3.05, 3.63) is 0 Å². The number of hydrogen-bond donors (Lipinski definition) is 1. The van der Waals surface area contributed by atoms with Crippen LogP contribution in [-0.4, -0.2) is 29.9 Å². The molecule has 1 saturated heterocycles. The molecule has 0 aromatic rings. The summed E-state index contributed by atoms with van der Waals surface area (Å²) >= 11 is 0. The van der Waals surface area contributed by atoms with Crippen molar-refractivity contribution in [3.63, 3.8) is 0 Å². The molecule has 1 aliphatic carbocycles. The molecule has 1 aliphatic heterocycles. The van der Waals surface area contributed by atoms with E-state index in [1.807, 2.05) is 4.90 Å². The molecule has 4 heteroatoms. The summed E-state index contributed by atoms with van der Waals surface area (Å²) in [6.45, 7) is 6.10. The Morgan fingerprint density at radius 2 is 2.00 bits per heavy atom. The molecule has 1 heterocycles. The van der Waals surface area contributed by atoms with Crippen LogP contribution in [0.2, 0.25) is 0 Å². The summed E-state index contributed by atoms with van der Waals surface area (Å²) < 4.78 is 0. The zero-order chi connectivity index (χ0) is 12.5. The predicted molar refractivity (Wildman–Crippen MR) is 76.8 cm³/mol. The average Bonchev–Trinajstić information content (AvgIpc) is 2.86. The van der Waals surface area contributed by atoms with Crippen molar-refractivity contribution in [3.8, 4) is 0 Å². The van der Waals surface area contributed by atoms with E-state index in [9.17, 15) is 4.79 Å². The normalized spacial score (nSPS) is 26.4. The van der Waals surface area contributed by atoms with Crippen molar-refractivity contribution in [2.24, 2.45) is 17.1 Å². The van der Waals surface area contributed by atoms with E-state index in [-0.39, 0.29) is 23.9 Å². The van der Waals surface area contributed by atoms with Crippen LogP contribution in [0.5, 0.6) is 0 Å². The van der Waals surface area contributed by atoms with Crippen LogP contribution < -0.4 is 5.73 Å². The number of amides is 1. The van der Waals surface area contributed by atoms with Gasteiger partial charge in [0, 0.05) is 24.5 Å². The molecular formula is C14H27ClN2O. The zero-order valence-electron chi connectivity index (χ0n) is 11.7. The maximum Gasteiger partial charge on any atom is 0.228 e. The first-order valence-corrected chi connectivity index (χ1v) is 7.08. The van der Waals surface area contributed by atoms with Crippen LogP contribution in [0.3, 0.4) is 0 Å². The predicted octanol–water partition coefficient (Wildman–Crippen LogP) is 2.57. The molecule has 2 fully saturated rings. The Morgan fingerprint density at radius 1 is 1.39 bits per heavy atom. The zero-order valence-corrected chi connectivity index (χ0v) is 12.5. The molecule has 106 valence electrons. The number of nitrogens with zero attached hydrogens (tertiary/aromatic N) is 1. The SMILES string of the molecule is CC(C)CC1(C(=O)N2CCC(N)C2)CCCC1.Cl. The molecule has 2 N–H and O–H groups in total. The number of hydrogen-bond acceptors (Lipinski definition) is 2. The molecule has 18 heavy (non-hydrogen) atoms. The summed E-state index contributed by atoms with van der Waals surface area (Å²) in [5.41, 5.74) is 5.87. The second-order valence-electron chi connectivity index (χ2n) is 6.39. The van der Waals surface area contributed by atoms with Gasteiger partial charge in [-0.1, -0.05) is 26.7 Å². The summed E-state index contributed by atoms with van der Waals surface area (Å²) in [7, 11) is 0. The van der Waals surface area contributed by atoms with Crippen LogP contribution in [0.4, 0.5) is 0 Å². The van der Waals surface area contributed by atoms with Gasteiger partial charge in [-0.05, 0) is 31.6 Å². The molecule has 2 rings (SSSR count). The molecule has 1 saturated carbocycles. The first-order valence-electron chi connectivity index (χ1n) is 7.08. The molecule has 1 amide bonds. The number of nitrogens with two attached hydrogens (primary N) is 1. The van der Waals surface area contributed by atoms with Gasteiger partial charge in [0.05, 0.1) is 0 Å². The minimum absolute atomic E-state index is 0. The quantitative estimate of drug-likeness (QED) is 0.860. The highest BCUT2D eigenvalue weighted by atomic mass is 35.5. The van der Waals surface area contributed by atoms with Crippen LogP contribution in [0.15, 0.2) is 0 Å². The molecule has 0 aromatic heterocycles. The van der Waals surface area contributed by atoms with Gasteiger partial charge in [0.2, 0.25) is 5.91 Å². The number of halogens is 1. The molecule has 1 atom stereocenters. The summed E-state index contributed by atoms with van der Waals surface area (Å²) in [6, 6.07) is 0.205. The van der Waals surface area contributed by atoms with E-state index in [1.54, 1.807) is 0 Å². The van der Waals surface area contributed by atoms with Crippen LogP contribution in [0, 0.1) is 11.3 Å². The standard InChI is InChI=1S/C14H26N2O.ClH/c1-11(2)9-14(6-3-4-7-14)13(17)16-8-5-12(15)10-16;/h11-12H,3-10,15H2,1-2H3;1H. The third-order valence-corrected chi connectivity index (χ3v) is 4.33. The summed E-state index contributed by atoms with van der Waals surface area (Å²) in [5.74, 6) is 1.00. The minimum Gasteiger partial charge on any atom is -0.341 e. The third-order valence-electron chi connectivity index (χ3n) is 4.33. The summed E-state index contributed by atoms with van der Waals surface area (Å²) in [4.78, 5) is 14.7. The molecule has 1 unspecified atom stereocenters. The van der Waals surface area contributed by atoms with Crippen molar-refractivity contribution in [2.75, 3.05) is 13.1 Å². The number of carbonyl (C=O) groups excluding carboxylic acids is 1. The van der Waals surface area contributed by atoms with Gasteiger partial charge in [-0.25, -0.2) is 0 Å². The van der Waals surface area contributed by atoms with Gasteiger partial charge in [0.25, 0.3) is 0 Å². The number of rotatable bonds is 3. The van der Waals surface area contributed by atoms with E-state index in [0.717, 1.165) is 38.8 Å². The number of likely N-dealkylation sites (tertiary alicyclic amines) is 1. The lowest BCUT2D eigenvalue weighted by atomic mass is 9.77. The number of carbonyl (C=O) groups is 1. The van der Waals surface area contributed by atoms with E-state index < -0.39 is 0 Å². The molecule has 0 spiro atoms. The van der Waals surface area contributed by atoms with Crippen LogP contribution >= 0.6 is 12.4 Å². The molecule has 3 nitrogen and oxygen atoms in total. The van der Waals surface area contributed by atoms with Gasteiger partial charge in [-0.15, -0.1) is 12.4 Å². The highest BCUT2D eigenvalue weighted by Crippen LogP contribution is 2.45. The highest BCUT2D eigenvalue weighted by molar-refractivity contribution is 5.85. The Kier molecular flexibility index (Phi) is 5.47. The maximum absolute atomic E-state index is 12.7. The van der Waals surface area contributed by atoms with Crippen molar-refractivity contribution < 1.29 is 4.79 Å². The van der Waals surface area contributed by atoms with Gasteiger partial charge in [-0.2, -0.15) is 0 Å². The van der Waals surface area contributed by atoms with Gasteiger partial charge in [0.15, 0.2) is 0 Å². The van der Waals surface area contributed by atoms with Gasteiger partial charge < -0.3 is 10.6 Å². The maximum atomic E-state index is 12.7. The lowest BCUT2D eigenvalue weighted by Gasteiger charge is -2.33. The first-order chi connectivity index (χ1) is 8.03. The van der Waals surface area contributed by atoms with Crippen molar-refractivity contribution >= 4 is 18.3 Å². The minimum atomic E-state index is -0.0434. The van der Waals surface area contributed by atoms with E-state index in [4.69, 9.17) is 5.73 Å². The fraction of sp³-hybridized carbons (Fsp3) is 0.929. The Balaban J connectivity index is 0.00000162. The molecular weight excluding hydrogens is 248 g/mol. The van der Waals surface area contributed by atoms with Crippen molar-refractivity contribution in [1.29, 1.82) is 0 Å². The first kappa shape index (κ1) is 15.8. The van der Waals surface area contributed by atoms with Gasteiger partial charge >= 0.3 is 0 Å². The Hall–Kier alpha value is -0.280. The lowest BCUT2D eigenvalue weighted by molar-refractivity contribution is -0.141. The smallest absolute Gasteiger partial charge is 0.228 e. The summed E-state index contributed by atoms with van der Waals surface area (Å²) in [6.07, 6.45) is 6.66. The third kappa shape index (κ3) is 3.18. The van der Waals surface area contributed by atoms with E-state index in [2.05, 4.69) is 13.8 Å². The van der Waals surface area contributed by atoms with Crippen molar-refractivity contribution in [1.82, 2.24) is 4.90 Å². The highest BCUT2D eigenvalue weighted by Gasteiger charge is 2.44.